The van der Waals surface area contributed by atoms with Crippen LogP contribution in [0.2, 0.25) is 0 Å². The van der Waals surface area contributed by atoms with Gasteiger partial charge in [-0.1, -0.05) is 0 Å². The maximum absolute atomic E-state index is 11.5. The van der Waals surface area contributed by atoms with Crippen molar-refractivity contribution in [1.29, 1.82) is 5.26 Å². The second-order valence-corrected chi connectivity index (χ2v) is 3.86. The second kappa shape index (κ2) is 3.81. The number of aromatic amines is 1. The van der Waals surface area contributed by atoms with Gasteiger partial charge in [0.05, 0.1) is 0 Å². The predicted molar refractivity (Wildman–Crippen MR) is 56.8 cm³/mol. The summed E-state index contributed by atoms with van der Waals surface area (Å²) in [4.78, 5) is 13.6. The van der Waals surface area contributed by atoms with E-state index in [-0.39, 0.29) is 11.1 Å². The molecule has 0 aliphatic carbocycles. The van der Waals surface area contributed by atoms with Crippen LogP contribution in [0.3, 0.4) is 0 Å². The van der Waals surface area contributed by atoms with Gasteiger partial charge in [-0.3, -0.25) is 14.6 Å². The third kappa shape index (κ3) is 1.63. The molecule has 80 valence electrons. The quantitative estimate of drug-likeness (QED) is 0.730. The zero-order chi connectivity index (χ0) is 10.8. The van der Waals surface area contributed by atoms with Crippen molar-refractivity contribution in [3.8, 4) is 6.07 Å². The molecular weight excluding hydrogens is 192 g/mol. The Bertz CT molecular complexity index is 445. The summed E-state index contributed by atoms with van der Waals surface area (Å²) in [6, 6.07) is 1.98. The Hall–Kier alpha value is -1.70. The summed E-state index contributed by atoms with van der Waals surface area (Å²) < 4.78 is 1.36. The first-order valence-electron chi connectivity index (χ1n) is 5.18. The summed E-state index contributed by atoms with van der Waals surface area (Å²) in [5.74, 6) is 0.685. The Morgan fingerprint density at radius 3 is 2.60 bits per heavy atom. The smallest absolute Gasteiger partial charge is 0.286 e. The van der Waals surface area contributed by atoms with Crippen LogP contribution >= 0.6 is 0 Å². The molecule has 0 amide bonds. The highest BCUT2D eigenvalue weighted by atomic mass is 16.1. The van der Waals surface area contributed by atoms with Gasteiger partial charge in [-0.2, -0.15) is 5.26 Å². The predicted octanol–water partition coefficient (Wildman–Crippen LogP) is 0.575. The molecular formula is C10H14N4O. The number of nitriles is 1. The van der Waals surface area contributed by atoms with Crippen molar-refractivity contribution in [3.05, 3.63) is 15.9 Å². The zero-order valence-corrected chi connectivity index (χ0v) is 8.79. The number of aromatic nitrogens is 2. The van der Waals surface area contributed by atoms with Crippen molar-refractivity contribution in [2.45, 2.75) is 19.3 Å². The number of anilines is 1. The number of rotatable bonds is 1. The summed E-state index contributed by atoms with van der Waals surface area (Å²) in [6.07, 6.45) is 3.49. The van der Waals surface area contributed by atoms with E-state index in [4.69, 9.17) is 5.26 Å². The van der Waals surface area contributed by atoms with Crippen molar-refractivity contribution in [2.75, 3.05) is 18.0 Å². The monoisotopic (exact) mass is 206 g/mol. The molecule has 1 N–H and O–H groups in total. The number of aryl methyl sites for hydroxylation is 1. The fourth-order valence-electron chi connectivity index (χ4n) is 1.98. The molecule has 0 unspecified atom stereocenters. The number of H-pyrrole nitrogens is 1. The molecule has 2 heterocycles. The summed E-state index contributed by atoms with van der Waals surface area (Å²) in [5.41, 5.74) is -0.00234. The molecule has 1 aromatic heterocycles. The average molecular weight is 206 g/mol. The van der Waals surface area contributed by atoms with Crippen molar-refractivity contribution in [3.63, 3.8) is 0 Å². The van der Waals surface area contributed by atoms with Crippen molar-refractivity contribution < 1.29 is 0 Å². The summed E-state index contributed by atoms with van der Waals surface area (Å²) in [6.45, 7) is 1.85. The lowest BCUT2D eigenvalue weighted by atomic mass is 10.1. The SMILES string of the molecule is Cn1[nH]c(N2CCCCC2)c(C#N)c1=O. The highest BCUT2D eigenvalue weighted by Gasteiger charge is 2.19. The molecule has 5 nitrogen and oxygen atoms in total. The molecule has 5 heteroatoms. The van der Waals surface area contributed by atoms with Gasteiger partial charge in [0.15, 0.2) is 5.56 Å². The van der Waals surface area contributed by atoms with Gasteiger partial charge in [-0.15, -0.1) is 0 Å². The normalized spacial score (nSPS) is 16.4. The van der Waals surface area contributed by atoms with Crippen LogP contribution in [0.4, 0.5) is 5.82 Å². The van der Waals surface area contributed by atoms with Crippen LogP contribution in [-0.2, 0) is 7.05 Å². The highest BCUT2D eigenvalue weighted by Crippen LogP contribution is 2.18. The van der Waals surface area contributed by atoms with Gasteiger partial charge in [0, 0.05) is 20.1 Å². The van der Waals surface area contributed by atoms with Crippen molar-refractivity contribution in [1.82, 2.24) is 9.78 Å². The van der Waals surface area contributed by atoms with Crippen molar-refractivity contribution >= 4 is 5.82 Å². The first-order valence-corrected chi connectivity index (χ1v) is 5.18. The van der Waals surface area contributed by atoms with E-state index >= 15 is 0 Å². The van der Waals surface area contributed by atoms with Crippen LogP contribution in [0.15, 0.2) is 4.79 Å². The maximum Gasteiger partial charge on any atom is 0.286 e. The van der Waals surface area contributed by atoms with E-state index in [9.17, 15) is 4.79 Å². The molecule has 0 aromatic carbocycles. The van der Waals surface area contributed by atoms with Crippen LogP contribution in [0.25, 0.3) is 0 Å². The first kappa shape index (κ1) is 9.84. The largest absolute Gasteiger partial charge is 0.356 e. The Morgan fingerprint density at radius 1 is 1.33 bits per heavy atom. The van der Waals surface area contributed by atoms with Crippen LogP contribution < -0.4 is 10.5 Å². The van der Waals surface area contributed by atoms with Crippen molar-refractivity contribution in [2.24, 2.45) is 7.05 Å². The van der Waals surface area contributed by atoms with Crippen LogP contribution in [0.1, 0.15) is 24.8 Å². The fraction of sp³-hybridized carbons (Fsp3) is 0.600. The zero-order valence-electron chi connectivity index (χ0n) is 8.79. The summed E-state index contributed by atoms with van der Waals surface area (Å²) >= 11 is 0. The van der Waals surface area contributed by atoms with E-state index in [1.807, 2.05) is 6.07 Å². The van der Waals surface area contributed by atoms with E-state index in [0.29, 0.717) is 5.82 Å². The second-order valence-electron chi connectivity index (χ2n) is 3.86. The number of nitrogens with one attached hydrogen (secondary N) is 1. The fourth-order valence-corrected chi connectivity index (χ4v) is 1.98. The molecule has 1 saturated heterocycles. The van der Waals surface area contributed by atoms with E-state index < -0.39 is 0 Å². The lowest BCUT2D eigenvalue weighted by molar-refractivity contribution is 0.569. The summed E-state index contributed by atoms with van der Waals surface area (Å²) in [7, 11) is 1.64. The lowest BCUT2D eigenvalue weighted by Gasteiger charge is -2.27. The van der Waals surface area contributed by atoms with Gasteiger partial charge in [0.1, 0.15) is 11.9 Å². The Morgan fingerprint density at radius 2 is 2.00 bits per heavy atom. The Kier molecular flexibility index (Phi) is 2.50. The third-order valence-corrected chi connectivity index (χ3v) is 2.81. The molecule has 15 heavy (non-hydrogen) atoms. The van der Waals surface area contributed by atoms with Gasteiger partial charge in [-0.05, 0) is 19.3 Å². The molecule has 0 radical (unpaired) electrons. The minimum atomic E-state index is -0.238. The Labute approximate surface area is 87.9 Å². The average Bonchev–Trinajstić information content (AvgIpc) is 2.56. The van der Waals surface area contributed by atoms with Gasteiger partial charge < -0.3 is 4.90 Å². The van der Waals surface area contributed by atoms with Crippen LogP contribution in [0, 0.1) is 11.3 Å². The van der Waals surface area contributed by atoms with Crippen LogP contribution in [-0.4, -0.2) is 22.9 Å². The van der Waals surface area contributed by atoms with Crippen LogP contribution in [0.5, 0.6) is 0 Å². The molecule has 1 aliphatic heterocycles. The van der Waals surface area contributed by atoms with E-state index in [1.54, 1.807) is 7.05 Å². The van der Waals surface area contributed by atoms with Gasteiger partial charge in [0.25, 0.3) is 5.56 Å². The molecule has 1 fully saturated rings. The molecule has 0 saturated carbocycles. The number of nitrogens with zero attached hydrogens (tertiary/aromatic N) is 3. The highest BCUT2D eigenvalue weighted by molar-refractivity contribution is 5.53. The first-order chi connectivity index (χ1) is 7.24. The molecule has 0 atom stereocenters. The topological polar surface area (TPSA) is 64.8 Å². The standard InChI is InChI=1S/C10H14N4O/c1-13-10(15)8(7-11)9(12-13)14-5-3-2-4-6-14/h12H,2-6H2,1H3. The minimum Gasteiger partial charge on any atom is -0.356 e. The third-order valence-electron chi connectivity index (χ3n) is 2.81. The van der Waals surface area contributed by atoms with E-state index in [1.165, 1.54) is 11.1 Å². The molecule has 2 rings (SSSR count). The van der Waals surface area contributed by atoms with Gasteiger partial charge in [-0.25, -0.2) is 0 Å². The number of hydrogen-bond acceptors (Lipinski definition) is 3. The molecule has 1 aliphatic rings. The molecule has 0 spiro atoms. The summed E-state index contributed by atoms with van der Waals surface area (Å²) in [5, 5.41) is 11.9. The molecule has 1 aromatic rings. The van der Waals surface area contributed by atoms with Gasteiger partial charge in [0.2, 0.25) is 0 Å². The Balaban J connectivity index is 2.39. The minimum absolute atomic E-state index is 0.236. The number of piperidine rings is 1. The van der Waals surface area contributed by atoms with E-state index in [2.05, 4.69) is 10.00 Å². The lowest BCUT2D eigenvalue weighted by Crippen LogP contribution is -2.30. The number of hydrogen-bond donors (Lipinski definition) is 1. The molecule has 0 bridgehead atoms. The van der Waals surface area contributed by atoms with Gasteiger partial charge >= 0.3 is 0 Å². The maximum atomic E-state index is 11.5. The van der Waals surface area contributed by atoms with E-state index in [0.717, 1.165) is 25.9 Å².